The van der Waals surface area contributed by atoms with Gasteiger partial charge in [-0.25, -0.2) is 4.79 Å². The molecule has 1 unspecified atom stereocenters. The Balaban J connectivity index is 1.79. The molecule has 0 saturated carbocycles. The lowest BCUT2D eigenvalue weighted by Crippen LogP contribution is -2.26. The number of esters is 1. The van der Waals surface area contributed by atoms with Crippen LogP contribution in [-0.4, -0.2) is 28.3 Å². The number of amides is 1. The van der Waals surface area contributed by atoms with Gasteiger partial charge in [-0.15, -0.1) is 11.3 Å². The molecule has 1 amide bonds. The Morgan fingerprint density at radius 3 is 2.69 bits per heavy atom. The van der Waals surface area contributed by atoms with Gasteiger partial charge in [-0.2, -0.15) is 5.10 Å². The number of fused-ring (bicyclic) bond motifs is 1. The van der Waals surface area contributed by atoms with Crippen molar-refractivity contribution in [3.8, 4) is 0 Å². The number of hydrogen-bond donors (Lipinski definition) is 1. The molecule has 0 radical (unpaired) electrons. The molecule has 1 atom stereocenters. The fourth-order valence-corrected chi connectivity index (χ4v) is 5.13. The van der Waals surface area contributed by atoms with Crippen LogP contribution in [-0.2, 0) is 28.9 Å². The SMILES string of the molecule is CCCOC(=O)c1c(NC(=O)C(C)Cn2nc(C)c(Br)c2C)sc2c1CCCC2. The van der Waals surface area contributed by atoms with Crippen molar-refractivity contribution in [2.45, 2.75) is 66.3 Å². The molecule has 0 fully saturated rings. The van der Waals surface area contributed by atoms with Gasteiger partial charge in [0.1, 0.15) is 5.00 Å². The summed E-state index contributed by atoms with van der Waals surface area (Å²) in [5, 5.41) is 8.13. The Hall–Kier alpha value is -1.67. The Morgan fingerprint density at radius 1 is 1.31 bits per heavy atom. The van der Waals surface area contributed by atoms with E-state index in [0.29, 0.717) is 23.7 Å². The van der Waals surface area contributed by atoms with Crippen molar-refractivity contribution in [3.63, 3.8) is 0 Å². The van der Waals surface area contributed by atoms with E-state index < -0.39 is 0 Å². The molecule has 2 heterocycles. The number of aryl methyl sites for hydroxylation is 2. The Kier molecular flexibility index (Phi) is 7.16. The first kappa shape index (κ1) is 22.0. The highest BCUT2D eigenvalue weighted by molar-refractivity contribution is 9.10. The van der Waals surface area contributed by atoms with E-state index in [-0.39, 0.29) is 17.8 Å². The maximum atomic E-state index is 12.9. The van der Waals surface area contributed by atoms with Crippen LogP contribution in [0.1, 0.15) is 65.3 Å². The van der Waals surface area contributed by atoms with Crippen molar-refractivity contribution in [2.75, 3.05) is 11.9 Å². The molecule has 2 aromatic heterocycles. The molecule has 0 saturated heterocycles. The molecular weight excluding hydrogens is 454 g/mol. The zero-order chi connectivity index (χ0) is 21.1. The van der Waals surface area contributed by atoms with Gasteiger partial charge in [0.05, 0.1) is 34.8 Å². The fourth-order valence-electron chi connectivity index (χ4n) is 3.57. The molecule has 0 aromatic carbocycles. The zero-order valence-electron chi connectivity index (χ0n) is 17.4. The van der Waals surface area contributed by atoms with Crippen molar-refractivity contribution >= 4 is 44.1 Å². The van der Waals surface area contributed by atoms with Crippen molar-refractivity contribution in [3.05, 3.63) is 31.9 Å². The summed E-state index contributed by atoms with van der Waals surface area (Å²) in [6.07, 6.45) is 4.78. The van der Waals surface area contributed by atoms with Gasteiger partial charge in [0.15, 0.2) is 0 Å². The van der Waals surface area contributed by atoms with Gasteiger partial charge in [-0.1, -0.05) is 13.8 Å². The molecule has 0 bridgehead atoms. The summed E-state index contributed by atoms with van der Waals surface area (Å²) >= 11 is 5.05. The van der Waals surface area contributed by atoms with Crippen LogP contribution in [0.5, 0.6) is 0 Å². The summed E-state index contributed by atoms with van der Waals surface area (Å²) < 4.78 is 8.22. The van der Waals surface area contributed by atoms with Gasteiger partial charge in [0, 0.05) is 10.6 Å². The minimum Gasteiger partial charge on any atom is -0.462 e. The smallest absolute Gasteiger partial charge is 0.341 e. The van der Waals surface area contributed by atoms with Crippen LogP contribution >= 0.6 is 27.3 Å². The number of rotatable bonds is 7. The number of thiophene rings is 1. The van der Waals surface area contributed by atoms with Crippen molar-refractivity contribution in [1.29, 1.82) is 0 Å². The van der Waals surface area contributed by atoms with Crippen LogP contribution < -0.4 is 5.32 Å². The van der Waals surface area contributed by atoms with Gasteiger partial charge in [0.25, 0.3) is 0 Å². The molecular formula is C21H28BrN3O3S. The van der Waals surface area contributed by atoms with Crippen molar-refractivity contribution in [1.82, 2.24) is 9.78 Å². The van der Waals surface area contributed by atoms with E-state index in [1.807, 2.05) is 32.4 Å². The third-order valence-corrected chi connectivity index (χ3v) is 7.59. The highest BCUT2D eigenvalue weighted by Gasteiger charge is 2.28. The zero-order valence-corrected chi connectivity index (χ0v) is 19.8. The second kappa shape index (κ2) is 9.43. The van der Waals surface area contributed by atoms with Crippen molar-refractivity contribution < 1.29 is 14.3 Å². The lowest BCUT2D eigenvalue weighted by molar-refractivity contribution is -0.119. The van der Waals surface area contributed by atoms with Gasteiger partial charge in [-0.05, 0) is 67.4 Å². The lowest BCUT2D eigenvalue weighted by Gasteiger charge is -2.14. The highest BCUT2D eigenvalue weighted by atomic mass is 79.9. The fraction of sp³-hybridized carbons (Fsp3) is 0.571. The molecule has 6 nitrogen and oxygen atoms in total. The quantitative estimate of drug-likeness (QED) is 0.561. The standard InChI is InChI=1S/C21H28BrN3O3S/c1-5-10-28-21(27)17-15-8-6-7-9-16(15)29-20(17)23-19(26)12(2)11-25-14(4)18(22)13(3)24-25/h12H,5-11H2,1-4H3,(H,23,26). The first-order valence-electron chi connectivity index (χ1n) is 10.2. The number of carbonyl (C=O) groups is 2. The highest BCUT2D eigenvalue weighted by Crippen LogP contribution is 2.39. The molecule has 8 heteroatoms. The molecule has 0 aliphatic heterocycles. The van der Waals surface area contributed by atoms with Gasteiger partial charge < -0.3 is 10.1 Å². The van der Waals surface area contributed by atoms with E-state index in [2.05, 4.69) is 26.3 Å². The van der Waals surface area contributed by atoms with E-state index >= 15 is 0 Å². The van der Waals surface area contributed by atoms with Crippen LogP contribution in [0.25, 0.3) is 0 Å². The Morgan fingerprint density at radius 2 is 2.03 bits per heavy atom. The minimum absolute atomic E-state index is 0.114. The number of aromatic nitrogens is 2. The topological polar surface area (TPSA) is 73.2 Å². The van der Waals surface area contributed by atoms with Crippen LogP contribution in [0.2, 0.25) is 0 Å². The van der Waals surface area contributed by atoms with Gasteiger partial charge in [0.2, 0.25) is 5.91 Å². The summed E-state index contributed by atoms with van der Waals surface area (Å²) in [6.45, 7) is 8.62. The Bertz CT molecular complexity index is 919. The molecule has 3 rings (SSSR count). The third kappa shape index (κ3) is 4.74. The number of carbonyl (C=O) groups excluding carboxylic acids is 2. The number of hydrogen-bond acceptors (Lipinski definition) is 5. The van der Waals surface area contributed by atoms with E-state index in [0.717, 1.165) is 53.5 Å². The first-order valence-corrected chi connectivity index (χ1v) is 11.8. The van der Waals surface area contributed by atoms with E-state index in [1.54, 1.807) is 0 Å². The molecule has 1 N–H and O–H groups in total. The van der Waals surface area contributed by atoms with Crippen molar-refractivity contribution in [2.24, 2.45) is 5.92 Å². The summed E-state index contributed by atoms with van der Waals surface area (Å²) in [5.41, 5.74) is 3.53. The van der Waals surface area contributed by atoms with E-state index in [4.69, 9.17) is 4.74 Å². The predicted molar refractivity (Wildman–Crippen MR) is 119 cm³/mol. The molecule has 29 heavy (non-hydrogen) atoms. The maximum Gasteiger partial charge on any atom is 0.341 e. The van der Waals surface area contributed by atoms with Crippen LogP contribution in [0, 0.1) is 19.8 Å². The number of anilines is 1. The number of halogens is 1. The molecule has 1 aliphatic carbocycles. The maximum absolute atomic E-state index is 12.9. The van der Waals surface area contributed by atoms with Gasteiger partial charge in [-0.3, -0.25) is 9.48 Å². The number of nitrogens with one attached hydrogen (secondary N) is 1. The van der Waals surface area contributed by atoms with Crippen LogP contribution in [0.4, 0.5) is 5.00 Å². The Labute approximate surface area is 184 Å². The minimum atomic E-state index is -0.323. The summed E-state index contributed by atoms with van der Waals surface area (Å²) in [7, 11) is 0. The summed E-state index contributed by atoms with van der Waals surface area (Å²) in [5.74, 6) is -0.730. The monoisotopic (exact) mass is 481 g/mol. The van der Waals surface area contributed by atoms with E-state index in [9.17, 15) is 9.59 Å². The lowest BCUT2D eigenvalue weighted by atomic mass is 9.95. The van der Waals surface area contributed by atoms with Gasteiger partial charge >= 0.3 is 5.97 Å². The van der Waals surface area contributed by atoms with E-state index in [1.165, 1.54) is 16.2 Å². The number of nitrogens with zero attached hydrogens (tertiary/aromatic N) is 2. The van der Waals surface area contributed by atoms with Crippen LogP contribution in [0.3, 0.4) is 0 Å². The average molecular weight is 482 g/mol. The predicted octanol–water partition coefficient (Wildman–Crippen LogP) is 5.04. The number of ether oxygens (including phenoxy) is 1. The largest absolute Gasteiger partial charge is 0.462 e. The second-order valence-corrected chi connectivity index (χ2v) is 9.51. The second-order valence-electron chi connectivity index (χ2n) is 7.61. The average Bonchev–Trinajstić information content (AvgIpc) is 3.18. The molecule has 2 aromatic rings. The summed E-state index contributed by atoms with van der Waals surface area (Å²) in [6, 6.07) is 0. The molecule has 1 aliphatic rings. The molecule has 158 valence electrons. The first-order chi connectivity index (χ1) is 13.8. The normalized spacial score (nSPS) is 14.4. The molecule has 0 spiro atoms. The summed E-state index contributed by atoms with van der Waals surface area (Å²) in [4.78, 5) is 26.8. The third-order valence-electron chi connectivity index (χ3n) is 5.24. The van der Waals surface area contributed by atoms with Crippen LogP contribution in [0.15, 0.2) is 4.47 Å².